The highest BCUT2D eigenvalue weighted by Crippen LogP contribution is 2.31. The first kappa shape index (κ1) is 19.2. The summed E-state index contributed by atoms with van der Waals surface area (Å²) < 4.78 is 41.0. The molecule has 4 rings (SSSR count). The van der Waals surface area contributed by atoms with E-state index in [9.17, 15) is 18.0 Å². The number of carbonyl (C=O) groups excluding carboxylic acids is 1. The van der Waals surface area contributed by atoms with E-state index in [1.54, 1.807) is 15.9 Å². The molecule has 1 fully saturated rings. The van der Waals surface area contributed by atoms with Gasteiger partial charge < -0.3 is 9.80 Å². The predicted octanol–water partition coefficient (Wildman–Crippen LogP) is 2.80. The van der Waals surface area contributed by atoms with Crippen LogP contribution >= 0.6 is 0 Å². The van der Waals surface area contributed by atoms with Crippen molar-refractivity contribution in [2.75, 3.05) is 31.1 Å². The van der Waals surface area contributed by atoms with Gasteiger partial charge in [0.2, 0.25) is 0 Å². The van der Waals surface area contributed by atoms with Gasteiger partial charge in [-0.25, -0.2) is 4.98 Å². The molecule has 2 aromatic heterocycles. The number of nitrogens with zero attached hydrogens (tertiary/aromatic N) is 6. The summed E-state index contributed by atoms with van der Waals surface area (Å²) in [5.74, 6) is 0.0867. The summed E-state index contributed by atoms with van der Waals surface area (Å²) in [5, 5.41) is 4.01. The van der Waals surface area contributed by atoms with Crippen molar-refractivity contribution in [2.24, 2.45) is 0 Å². The van der Waals surface area contributed by atoms with Crippen LogP contribution in [-0.2, 0) is 6.18 Å². The van der Waals surface area contributed by atoms with Crippen molar-refractivity contribution in [1.29, 1.82) is 0 Å². The van der Waals surface area contributed by atoms with Gasteiger partial charge in [0.25, 0.3) is 11.7 Å². The molecule has 1 aromatic carbocycles. The Bertz CT molecular complexity index is 1050. The molecule has 0 unspecified atom stereocenters. The van der Waals surface area contributed by atoms with Crippen LogP contribution in [0.2, 0.25) is 0 Å². The molecule has 0 bridgehead atoms. The van der Waals surface area contributed by atoms with Crippen LogP contribution in [-0.4, -0.2) is 56.6 Å². The van der Waals surface area contributed by atoms with Crippen LogP contribution in [0.1, 0.15) is 28.0 Å². The molecule has 1 aliphatic rings. The number of alkyl halides is 3. The lowest BCUT2D eigenvalue weighted by Gasteiger charge is -2.24. The molecular formula is C19H19F3N6O. The maximum Gasteiger partial charge on any atom is 0.433 e. The van der Waals surface area contributed by atoms with Crippen molar-refractivity contribution in [3.63, 3.8) is 0 Å². The zero-order chi connectivity index (χ0) is 20.6. The standard InChI is InChI=1S/C19H19F3N6O/c1-13-4-2-5-14(10-13)17(29)27-7-3-6-26(8-9-27)16-11-15(19(20,21)22)25-18-23-12-24-28(16)18/h2,4-5,10-12H,3,6-9H2,1H3. The number of benzene rings is 1. The van der Waals surface area contributed by atoms with Crippen molar-refractivity contribution in [3.05, 3.63) is 53.5 Å². The largest absolute Gasteiger partial charge is 0.433 e. The molecule has 0 radical (unpaired) electrons. The van der Waals surface area contributed by atoms with E-state index in [0.29, 0.717) is 38.2 Å². The Morgan fingerprint density at radius 2 is 1.93 bits per heavy atom. The number of hydrogen-bond acceptors (Lipinski definition) is 5. The summed E-state index contributed by atoms with van der Waals surface area (Å²) >= 11 is 0. The SMILES string of the molecule is Cc1cccc(C(=O)N2CCCN(c3cc(C(F)(F)F)nc4ncnn34)CC2)c1. The smallest absolute Gasteiger partial charge is 0.355 e. The van der Waals surface area contributed by atoms with Gasteiger partial charge in [0.1, 0.15) is 12.1 Å². The third-order valence-electron chi connectivity index (χ3n) is 4.90. The van der Waals surface area contributed by atoms with Gasteiger partial charge in [-0.2, -0.15) is 27.8 Å². The van der Waals surface area contributed by atoms with Crippen molar-refractivity contribution in [1.82, 2.24) is 24.5 Å². The van der Waals surface area contributed by atoms with Crippen molar-refractivity contribution in [2.45, 2.75) is 19.5 Å². The van der Waals surface area contributed by atoms with Crippen molar-refractivity contribution in [3.8, 4) is 0 Å². The minimum absolute atomic E-state index is 0.0767. The lowest BCUT2D eigenvalue weighted by Crippen LogP contribution is -2.35. The molecule has 1 saturated heterocycles. The van der Waals surface area contributed by atoms with Crippen molar-refractivity contribution < 1.29 is 18.0 Å². The molecule has 29 heavy (non-hydrogen) atoms. The first-order valence-electron chi connectivity index (χ1n) is 9.22. The molecule has 0 saturated carbocycles. The van der Waals surface area contributed by atoms with E-state index in [4.69, 9.17) is 0 Å². The molecular weight excluding hydrogens is 385 g/mol. The fourth-order valence-electron chi connectivity index (χ4n) is 3.48. The topological polar surface area (TPSA) is 66.6 Å². The maximum atomic E-state index is 13.2. The Morgan fingerprint density at radius 1 is 1.10 bits per heavy atom. The summed E-state index contributed by atoms with van der Waals surface area (Å²) in [6.45, 7) is 3.72. The quantitative estimate of drug-likeness (QED) is 0.657. The highest BCUT2D eigenvalue weighted by atomic mass is 19.4. The number of rotatable bonds is 2. The second-order valence-electron chi connectivity index (χ2n) is 6.97. The Labute approximate surface area is 164 Å². The summed E-state index contributed by atoms with van der Waals surface area (Å²) in [4.78, 5) is 23.7. The van der Waals surface area contributed by atoms with Crippen LogP contribution in [0.25, 0.3) is 5.78 Å². The maximum absolute atomic E-state index is 13.2. The summed E-state index contributed by atoms with van der Waals surface area (Å²) in [7, 11) is 0. The predicted molar refractivity (Wildman–Crippen MR) is 99.7 cm³/mol. The summed E-state index contributed by atoms with van der Waals surface area (Å²) in [6.07, 6.45) is -2.78. The van der Waals surface area contributed by atoms with Crippen LogP contribution in [0.5, 0.6) is 0 Å². The van der Waals surface area contributed by atoms with E-state index < -0.39 is 11.9 Å². The number of amides is 1. The second-order valence-corrected chi connectivity index (χ2v) is 6.97. The van der Waals surface area contributed by atoms with Gasteiger partial charge in [0, 0.05) is 37.8 Å². The van der Waals surface area contributed by atoms with Gasteiger partial charge in [0.05, 0.1) is 0 Å². The van der Waals surface area contributed by atoms with Gasteiger partial charge in [-0.15, -0.1) is 0 Å². The molecule has 152 valence electrons. The Balaban J connectivity index is 1.59. The molecule has 10 heteroatoms. The molecule has 0 atom stereocenters. The van der Waals surface area contributed by atoms with Gasteiger partial charge in [-0.3, -0.25) is 4.79 Å². The number of hydrogen-bond donors (Lipinski definition) is 0. The van der Waals surface area contributed by atoms with E-state index in [-0.39, 0.29) is 17.5 Å². The van der Waals surface area contributed by atoms with Gasteiger partial charge >= 0.3 is 6.18 Å². The molecule has 3 aromatic rings. The molecule has 7 nitrogen and oxygen atoms in total. The zero-order valence-corrected chi connectivity index (χ0v) is 15.7. The monoisotopic (exact) mass is 404 g/mol. The van der Waals surface area contributed by atoms with E-state index >= 15 is 0 Å². The first-order valence-corrected chi connectivity index (χ1v) is 9.22. The van der Waals surface area contributed by atoms with E-state index in [1.807, 2.05) is 25.1 Å². The number of carbonyl (C=O) groups is 1. The van der Waals surface area contributed by atoms with Crippen LogP contribution in [0, 0.1) is 6.92 Å². The van der Waals surface area contributed by atoms with Crippen LogP contribution in [0.4, 0.5) is 19.0 Å². The first-order chi connectivity index (χ1) is 13.8. The van der Waals surface area contributed by atoms with Gasteiger partial charge in [-0.1, -0.05) is 17.7 Å². The number of aromatic nitrogens is 4. The van der Waals surface area contributed by atoms with Gasteiger partial charge in [-0.05, 0) is 25.5 Å². The van der Waals surface area contributed by atoms with Crippen LogP contribution in [0.3, 0.4) is 0 Å². The highest BCUT2D eigenvalue weighted by Gasteiger charge is 2.35. The lowest BCUT2D eigenvalue weighted by atomic mass is 10.1. The summed E-state index contributed by atoms with van der Waals surface area (Å²) in [5.41, 5.74) is 0.600. The minimum Gasteiger partial charge on any atom is -0.355 e. The third kappa shape index (κ3) is 3.87. The number of halogens is 3. The Hall–Kier alpha value is -3.17. The Morgan fingerprint density at radius 3 is 2.69 bits per heavy atom. The van der Waals surface area contributed by atoms with E-state index in [1.165, 1.54) is 10.8 Å². The average molecular weight is 404 g/mol. The number of fused-ring (bicyclic) bond motifs is 1. The zero-order valence-electron chi connectivity index (χ0n) is 15.7. The number of anilines is 1. The fourth-order valence-corrected chi connectivity index (χ4v) is 3.48. The molecule has 0 N–H and O–H groups in total. The number of aryl methyl sites for hydroxylation is 1. The minimum atomic E-state index is -4.58. The second kappa shape index (κ2) is 7.34. The molecule has 3 heterocycles. The highest BCUT2D eigenvalue weighted by molar-refractivity contribution is 5.94. The Kier molecular flexibility index (Phi) is 4.85. The molecule has 1 aliphatic heterocycles. The van der Waals surface area contributed by atoms with E-state index in [2.05, 4.69) is 15.1 Å². The lowest BCUT2D eigenvalue weighted by molar-refractivity contribution is -0.141. The third-order valence-corrected chi connectivity index (χ3v) is 4.90. The molecule has 0 aliphatic carbocycles. The molecule has 0 spiro atoms. The normalized spacial score (nSPS) is 15.6. The van der Waals surface area contributed by atoms with E-state index in [0.717, 1.165) is 11.6 Å². The average Bonchev–Trinajstić information content (AvgIpc) is 3.02. The van der Waals surface area contributed by atoms with Gasteiger partial charge in [0.15, 0.2) is 5.69 Å². The van der Waals surface area contributed by atoms with Crippen LogP contribution < -0.4 is 4.90 Å². The molecule has 1 amide bonds. The van der Waals surface area contributed by atoms with Crippen molar-refractivity contribution >= 4 is 17.5 Å². The summed E-state index contributed by atoms with van der Waals surface area (Å²) in [6, 6.07) is 8.35. The fraction of sp³-hybridized carbons (Fsp3) is 0.368. The van der Waals surface area contributed by atoms with Crippen LogP contribution in [0.15, 0.2) is 36.7 Å².